The van der Waals surface area contributed by atoms with Gasteiger partial charge in [0.25, 0.3) is 0 Å². The SMILES string of the molecule is O=C/C(Cl)=C/Nc1ccc2c(c1)OCO2. The Labute approximate surface area is 91.4 Å². The van der Waals surface area contributed by atoms with E-state index in [1.54, 1.807) is 18.2 Å². The Morgan fingerprint density at radius 1 is 1.40 bits per heavy atom. The Kier molecular flexibility index (Phi) is 2.78. The fraction of sp³-hybridized carbons (Fsp3) is 0.100. The second-order valence-corrected chi connectivity index (χ2v) is 3.30. The topological polar surface area (TPSA) is 47.6 Å². The van der Waals surface area contributed by atoms with E-state index in [-0.39, 0.29) is 11.8 Å². The van der Waals surface area contributed by atoms with Crippen LogP contribution >= 0.6 is 11.6 Å². The maximum Gasteiger partial charge on any atom is 0.231 e. The summed E-state index contributed by atoms with van der Waals surface area (Å²) in [4.78, 5) is 10.2. The number of carbonyl (C=O) groups excluding carboxylic acids is 1. The van der Waals surface area contributed by atoms with Crippen molar-refractivity contribution in [1.82, 2.24) is 0 Å². The van der Waals surface area contributed by atoms with Crippen molar-refractivity contribution in [3.05, 3.63) is 29.4 Å². The number of halogens is 1. The van der Waals surface area contributed by atoms with Crippen LogP contribution in [0.25, 0.3) is 0 Å². The Morgan fingerprint density at radius 3 is 3.00 bits per heavy atom. The minimum Gasteiger partial charge on any atom is -0.454 e. The standard InChI is InChI=1S/C10H8ClNO3/c11-7(5-13)4-12-8-1-2-9-10(3-8)15-6-14-9/h1-5,12H,6H2/b7-4-. The van der Waals surface area contributed by atoms with Gasteiger partial charge in [-0.05, 0) is 12.1 Å². The number of hydrogen-bond donors (Lipinski definition) is 1. The van der Waals surface area contributed by atoms with Crippen LogP contribution < -0.4 is 14.8 Å². The van der Waals surface area contributed by atoms with Crippen molar-refractivity contribution in [1.29, 1.82) is 0 Å². The Morgan fingerprint density at radius 2 is 2.20 bits per heavy atom. The van der Waals surface area contributed by atoms with Crippen molar-refractivity contribution in [2.45, 2.75) is 0 Å². The van der Waals surface area contributed by atoms with Crippen molar-refractivity contribution in [2.24, 2.45) is 0 Å². The Bertz CT molecular complexity index is 417. The second kappa shape index (κ2) is 4.23. The molecule has 0 amide bonds. The third kappa shape index (κ3) is 2.22. The summed E-state index contributed by atoms with van der Waals surface area (Å²) in [5.41, 5.74) is 0.777. The highest BCUT2D eigenvalue weighted by atomic mass is 35.5. The monoisotopic (exact) mass is 225 g/mol. The summed E-state index contributed by atoms with van der Waals surface area (Å²) in [5.74, 6) is 1.39. The zero-order chi connectivity index (χ0) is 10.7. The lowest BCUT2D eigenvalue weighted by Gasteiger charge is -2.02. The summed E-state index contributed by atoms with van der Waals surface area (Å²) >= 11 is 5.51. The highest BCUT2D eigenvalue weighted by Gasteiger charge is 2.12. The highest BCUT2D eigenvalue weighted by Crippen LogP contribution is 2.34. The maximum absolute atomic E-state index is 10.2. The molecule has 0 saturated carbocycles. The van der Waals surface area contributed by atoms with Gasteiger partial charge in [0.1, 0.15) is 0 Å². The molecule has 1 aliphatic heterocycles. The lowest BCUT2D eigenvalue weighted by Crippen LogP contribution is -1.93. The van der Waals surface area contributed by atoms with Crippen molar-refractivity contribution < 1.29 is 14.3 Å². The van der Waals surface area contributed by atoms with Crippen molar-refractivity contribution in [3.63, 3.8) is 0 Å². The Balaban J connectivity index is 2.13. The molecule has 78 valence electrons. The third-order valence-corrected chi connectivity index (χ3v) is 2.06. The van der Waals surface area contributed by atoms with Gasteiger partial charge in [0.2, 0.25) is 6.79 Å². The number of anilines is 1. The number of nitrogens with one attached hydrogen (secondary N) is 1. The maximum atomic E-state index is 10.2. The molecule has 0 bridgehead atoms. The lowest BCUT2D eigenvalue weighted by atomic mass is 10.3. The summed E-state index contributed by atoms with van der Waals surface area (Å²) < 4.78 is 10.3. The number of aldehydes is 1. The van der Waals surface area contributed by atoms with E-state index in [1.165, 1.54) is 6.20 Å². The van der Waals surface area contributed by atoms with E-state index in [4.69, 9.17) is 21.1 Å². The van der Waals surface area contributed by atoms with Gasteiger partial charge in [-0.25, -0.2) is 0 Å². The van der Waals surface area contributed by atoms with Crippen LogP contribution in [0, 0.1) is 0 Å². The number of allylic oxidation sites excluding steroid dienone is 1. The minimum atomic E-state index is 0.104. The molecule has 0 spiro atoms. The molecule has 4 nitrogen and oxygen atoms in total. The molecule has 2 rings (SSSR count). The molecule has 0 unspecified atom stereocenters. The van der Waals surface area contributed by atoms with Crippen molar-refractivity contribution >= 4 is 23.6 Å². The summed E-state index contributed by atoms with van der Waals surface area (Å²) in [6, 6.07) is 5.36. The van der Waals surface area contributed by atoms with Crippen LogP contribution in [0.15, 0.2) is 29.4 Å². The van der Waals surface area contributed by atoms with Gasteiger partial charge in [0.05, 0.1) is 5.03 Å². The van der Waals surface area contributed by atoms with Gasteiger partial charge in [-0.2, -0.15) is 0 Å². The van der Waals surface area contributed by atoms with Gasteiger partial charge >= 0.3 is 0 Å². The first-order chi connectivity index (χ1) is 7.29. The molecule has 0 aromatic heterocycles. The molecule has 0 atom stereocenters. The molecule has 5 heteroatoms. The number of benzene rings is 1. The van der Waals surface area contributed by atoms with E-state index in [0.29, 0.717) is 17.8 Å². The zero-order valence-corrected chi connectivity index (χ0v) is 8.45. The number of carbonyl (C=O) groups is 1. The molecule has 0 saturated heterocycles. The molecule has 1 aromatic rings. The normalized spacial score (nSPS) is 13.8. The molecular formula is C10H8ClNO3. The molecule has 0 aliphatic carbocycles. The van der Waals surface area contributed by atoms with Crippen LogP contribution in [0.3, 0.4) is 0 Å². The molecular weight excluding hydrogens is 218 g/mol. The van der Waals surface area contributed by atoms with E-state index >= 15 is 0 Å². The average molecular weight is 226 g/mol. The van der Waals surface area contributed by atoms with Gasteiger partial charge in [-0.1, -0.05) is 11.6 Å². The molecule has 0 fully saturated rings. The molecule has 1 heterocycles. The minimum absolute atomic E-state index is 0.104. The van der Waals surface area contributed by atoms with Crippen molar-refractivity contribution in [3.8, 4) is 11.5 Å². The van der Waals surface area contributed by atoms with E-state index < -0.39 is 0 Å². The van der Waals surface area contributed by atoms with Gasteiger partial charge in [-0.15, -0.1) is 0 Å². The first kappa shape index (κ1) is 9.86. The van der Waals surface area contributed by atoms with Crippen molar-refractivity contribution in [2.75, 3.05) is 12.1 Å². The lowest BCUT2D eigenvalue weighted by molar-refractivity contribution is -0.104. The van der Waals surface area contributed by atoms with Gasteiger partial charge in [-0.3, -0.25) is 4.79 Å². The quantitative estimate of drug-likeness (QED) is 0.632. The third-order valence-electron chi connectivity index (χ3n) is 1.86. The predicted octanol–water partition coefficient (Wildman–Crippen LogP) is 2.11. The fourth-order valence-corrected chi connectivity index (χ4v) is 1.23. The molecule has 15 heavy (non-hydrogen) atoms. The predicted molar refractivity (Wildman–Crippen MR) is 56.2 cm³/mol. The van der Waals surface area contributed by atoms with E-state index in [1.807, 2.05) is 0 Å². The van der Waals surface area contributed by atoms with Crippen LogP contribution in [0.5, 0.6) is 11.5 Å². The number of ether oxygens (including phenoxy) is 2. The highest BCUT2D eigenvalue weighted by molar-refractivity contribution is 6.38. The molecule has 0 radical (unpaired) electrons. The number of fused-ring (bicyclic) bond motifs is 1. The van der Waals surface area contributed by atoms with E-state index in [0.717, 1.165) is 5.69 Å². The fourth-order valence-electron chi connectivity index (χ4n) is 1.17. The summed E-state index contributed by atoms with van der Waals surface area (Å²) in [5, 5.41) is 2.97. The first-order valence-electron chi connectivity index (χ1n) is 4.26. The average Bonchev–Trinajstić information content (AvgIpc) is 2.72. The smallest absolute Gasteiger partial charge is 0.231 e. The zero-order valence-electron chi connectivity index (χ0n) is 7.70. The summed E-state index contributed by atoms with van der Waals surface area (Å²) in [6.45, 7) is 0.240. The van der Waals surface area contributed by atoms with Crippen LogP contribution in [-0.4, -0.2) is 13.1 Å². The first-order valence-corrected chi connectivity index (χ1v) is 4.64. The molecule has 1 aromatic carbocycles. The van der Waals surface area contributed by atoms with Crippen LogP contribution in [-0.2, 0) is 4.79 Å². The van der Waals surface area contributed by atoms with E-state index in [9.17, 15) is 4.79 Å². The molecule has 1 aliphatic rings. The molecule has 1 N–H and O–H groups in total. The Hall–Kier alpha value is -1.68. The number of hydrogen-bond acceptors (Lipinski definition) is 4. The largest absolute Gasteiger partial charge is 0.454 e. The van der Waals surface area contributed by atoms with Crippen LogP contribution in [0.2, 0.25) is 0 Å². The van der Waals surface area contributed by atoms with Gasteiger partial charge in [0.15, 0.2) is 17.8 Å². The summed E-state index contributed by atoms with van der Waals surface area (Å²) in [6.07, 6.45) is 1.97. The summed E-state index contributed by atoms with van der Waals surface area (Å²) in [7, 11) is 0. The van der Waals surface area contributed by atoms with Gasteiger partial charge < -0.3 is 14.8 Å². The van der Waals surface area contributed by atoms with Gasteiger partial charge in [0, 0.05) is 18.0 Å². The van der Waals surface area contributed by atoms with Crippen LogP contribution in [0.4, 0.5) is 5.69 Å². The second-order valence-electron chi connectivity index (χ2n) is 2.86. The number of rotatable bonds is 3. The van der Waals surface area contributed by atoms with E-state index in [2.05, 4.69) is 5.32 Å². The van der Waals surface area contributed by atoms with Crippen LogP contribution in [0.1, 0.15) is 0 Å².